The van der Waals surface area contributed by atoms with Crippen LogP contribution in [0.4, 0.5) is 11.8 Å². The summed E-state index contributed by atoms with van der Waals surface area (Å²) in [6, 6.07) is 5.25. The smallest absolute Gasteiger partial charge is 0.227 e. The van der Waals surface area contributed by atoms with Crippen molar-refractivity contribution in [3.05, 3.63) is 36.4 Å². The molecule has 2 fully saturated rings. The van der Waals surface area contributed by atoms with E-state index < -0.39 is 0 Å². The zero-order chi connectivity index (χ0) is 21.2. The molecule has 8 nitrogen and oxygen atoms in total. The maximum absolute atomic E-state index is 6.09. The van der Waals surface area contributed by atoms with E-state index in [4.69, 9.17) is 20.7 Å². The third-order valence-electron chi connectivity index (χ3n) is 6.78. The monoisotopic (exact) mass is 492 g/mol. The van der Waals surface area contributed by atoms with Crippen LogP contribution in [0.3, 0.4) is 0 Å². The standard InChI is InChI=1S/C23H32N8.2ClH/c1-15(16-5-4-12-25-13-16)27-21-20-22(31(14-26-20)19-6-2-3-7-19)30-23(29-21)28-18-10-8-17(24)9-11-18;;/h4-5,12-15,17-19H,2-3,6-11,24H2,1H3,(H2,27,28,29,30);2*1H. The van der Waals surface area contributed by atoms with Crippen LogP contribution in [-0.4, -0.2) is 36.6 Å². The second kappa shape index (κ2) is 11.3. The summed E-state index contributed by atoms with van der Waals surface area (Å²) in [5.41, 5.74) is 8.95. The third-order valence-corrected chi connectivity index (χ3v) is 6.78. The van der Waals surface area contributed by atoms with Crippen LogP contribution in [0.25, 0.3) is 11.2 Å². The Labute approximate surface area is 207 Å². The lowest BCUT2D eigenvalue weighted by Crippen LogP contribution is -2.33. The van der Waals surface area contributed by atoms with Gasteiger partial charge in [-0.25, -0.2) is 4.98 Å². The molecule has 4 N–H and O–H groups in total. The van der Waals surface area contributed by atoms with Gasteiger partial charge in [0.15, 0.2) is 17.0 Å². The highest BCUT2D eigenvalue weighted by Crippen LogP contribution is 2.34. The zero-order valence-electron chi connectivity index (χ0n) is 19.0. The van der Waals surface area contributed by atoms with Gasteiger partial charge in [0.2, 0.25) is 5.95 Å². The van der Waals surface area contributed by atoms with Crippen LogP contribution in [0.1, 0.15) is 75.9 Å². The number of fused-ring (bicyclic) bond motifs is 1. The second-order valence-electron chi connectivity index (χ2n) is 9.07. The number of nitrogens with one attached hydrogen (secondary N) is 2. The quantitative estimate of drug-likeness (QED) is 0.442. The number of imidazole rings is 1. The van der Waals surface area contributed by atoms with Crippen molar-refractivity contribution in [3.63, 3.8) is 0 Å². The highest BCUT2D eigenvalue weighted by atomic mass is 35.5. The minimum absolute atomic E-state index is 0. The van der Waals surface area contributed by atoms with E-state index in [1.807, 2.05) is 18.6 Å². The lowest BCUT2D eigenvalue weighted by Gasteiger charge is -2.27. The highest BCUT2D eigenvalue weighted by molar-refractivity contribution is 5.86. The normalized spacial score (nSPS) is 21.8. The average molecular weight is 493 g/mol. The molecule has 3 aromatic rings. The van der Waals surface area contributed by atoms with Gasteiger partial charge in [-0.3, -0.25) is 4.98 Å². The number of aromatic nitrogens is 5. The second-order valence-corrected chi connectivity index (χ2v) is 9.07. The summed E-state index contributed by atoms with van der Waals surface area (Å²) in [5, 5.41) is 7.15. The van der Waals surface area contributed by atoms with E-state index in [0.29, 0.717) is 24.1 Å². The van der Waals surface area contributed by atoms with Crippen LogP contribution in [0.2, 0.25) is 0 Å². The van der Waals surface area contributed by atoms with Gasteiger partial charge < -0.3 is 20.9 Å². The predicted octanol–water partition coefficient (Wildman–Crippen LogP) is 5.03. The molecule has 3 aromatic heterocycles. The fourth-order valence-corrected chi connectivity index (χ4v) is 4.90. The van der Waals surface area contributed by atoms with Crippen LogP contribution in [0.15, 0.2) is 30.9 Å². The largest absolute Gasteiger partial charge is 0.361 e. The summed E-state index contributed by atoms with van der Waals surface area (Å²) in [6.45, 7) is 2.12. The maximum Gasteiger partial charge on any atom is 0.227 e. The molecule has 2 aliphatic rings. The lowest BCUT2D eigenvalue weighted by molar-refractivity contribution is 0.410. The van der Waals surface area contributed by atoms with E-state index in [9.17, 15) is 0 Å². The van der Waals surface area contributed by atoms with Gasteiger partial charge in [0, 0.05) is 30.5 Å². The Morgan fingerprint density at radius 1 is 1.06 bits per heavy atom. The predicted molar refractivity (Wildman–Crippen MR) is 137 cm³/mol. The van der Waals surface area contributed by atoms with Gasteiger partial charge in [-0.15, -0.1) is 24.8 Å². The molecule has 0 radical (unpaired) electrons. The molecule has 0 aromatic carbocycles. The Balaban J connectivity index is 0.00000153. The Morgan fingerprint density at radius 3 is 2.52 bits per heavy atom. The molecular formula is C23H34Cl2N8. The van der Waals surface area contributed by atoms with E-state index in [1.165, 1.54) is 25.7 Å². The van der Waals surface area contributed by atoms with Crippen LogP contribution in [-0.2, 0) is 0 Å². The highest BCUT2D eigenvalue weighted by Gasteiger charge is 2.24. The summed E-state index contributed by atoms with van der Waals surface area (Å²) in [4.78, 5) is 18.8. The summed E-state index contributed by atoms with van der Waals surface area (Å²) in [6.07, 6.45) is 14.7. The van der Waals surface area contributed by atoms with E-state index >= 15 is 0 Å². The Kier molecular flexibility index (Phi) is 8.73. The molecule has 0 amide bonds. The van der Waals surface area contributed by atoms with Gasteiger partial charge in [0.1, 0.15) is 0 Å². The summed E-state index contributed by atoms with van der Waals surface area (Å²) in [5.74, 6) is 1.45. The number of nitrogens with zero attached hydrogens (tertiary/aromatic N) is 5. The van der Waals surface area contributed by atoms with Crippen molar-refractivity contribution in [1.82, 2.24) is 24.5 Å². The van der Waals surface area contributed by atoms with Crippen molar-refractivity contribution in [2.75, 3.05) is 10.6 Å². The van der Waals surface area contributed by atoms with E-state index in [2.05, 4.69) is 33.2 Å². The molecule has 3 heterocycles. The zero-order valence-corrected chi connectivity index (χ0v) is 20.6. The average Bonchev–Trinajstić information content (AvgIpc) is 3.46. The molecule has 1 unspecified atom stereocenters. The minimum atomic E-state index is 0. The molecule has 5 rings (SSSR count). The topological polar surface area (TPSA) is 107 Å². The van der Waals surface area contributed by atoms with E-state index in [1.54, 1.807) is 6.20 Å². The van der Waals surface area contributed by atoms with Gasteiger partial charge in [-0.2, -0.15) is 9.97 Å². The molecule has 0 saturated heterocycles. The van der Waals surface area contributed by atoms with Gasteiger partial charge in [0.25, 0.3) is 0 Å². The van der Waals surface area contributed by atoms with Gasteiger partial charge >= 0.3 is 0 Å². The van der Waals surface area contributed by atoms with E-state index in [0.717, 1.165) is 48.2 Å². The molecule has 180 valence electrons. The van der Waals surface area contributed by atoms with Crippen LogP contribution >= 0.6 is 24.8 Å². The van der Waals surface area contributed by atoms with Crippen molar-refractivity contribution in [2.45, 2.75) is 82.5 Å². The van der Waals surface area contributed by atoms with Crippen LogP contribution < -0.4 is 16.4 Å². The number of nitrogens with two attached hydrogens (primary N) is 1. The molecule has 0 aliphatic heterocycles. The molecule has 10 heteroatoms. The van der Waals surface area contributed by atoms with Gasteiger partial charge in [-0.05, 0) is 57.1 Å². The van der Waals surface area contributed by atoms with Crippen molar-refractivity contribution < 1.29 is 0 Å². The fourth-order valence-electron chi connectivity index (χ4n) is 4.90. The van der Waals surface area contributed by atoms with Crippen molar-refractivity contribution in [1.29, 1.82) is 0 Å². The summed E-state index contributed by atoms with van der Waals surface area (Å²) in [7, 11) is 0. The molecule has 2 aliphatic carbocycles. The first kappa shape index (κ1) is 25.5. The summed E-state index contributed by atoms with van der Waals surface area (Å²) >= 11 is 0. The van der Waals surface area contributed by atoms with E-state index in [-0.39, 0.29) is 30.9 Å². The minimum Gasteiger partial charge on any atom is -0.361 e. The number of hydrogen-bond acceptors (Lipinski definition) is 7. The van der Waals surface area contributed by atoms with Gasteiger partial charge in [-0.1, -0.05) is 18.9 Å². The number of anilines is 2. The van der Waals surface area contributed by atoms with Crippen molar-refractivity contribution >= 4 is 47.7 Å². The van der Waals surface area contributed by atoms with Crippen molar-refractivity contribution in [3.8, 4) is 0 Å². The van der Waals surface area contributed by atoms with Crippen LogP contribution in [0.5, 0.6) is 0 Å². The molecule has 0 bridgehead atoms. The number of rotatable bonds is 6. The molecule has 1 atom stereocenters. The Hall–Kier alpha value is -2.16. The number of halogens is 2. The van der Waals surface area contributed by atoms with Crippen molar-refractivity contribution in [2.24, 2.45) is 5.73 Å². The van der Waals surface area contributed by atoms with Gasteiger partial charge in [0.05, 0.1) is 12.4 Å². The SMILES string of the molecule is CC(Nc1nc(NC2CCC(N)CC2)nc2c1ncn2C1CCCC1)c1cccnc1.Cl.Cl. The Bertz CT molecular complexity index is 1010. The molecule has 0 spiro atoms. The number of pyridine rings is 1. The molecular weight excluding hydrogens is 459 g/mol. The Morgan fingerprint density at radius 2 is 1.82 bits per heavy atom. The maximum atomic E-state index is 6.09. The third kappa shape index (κ3) is 5.67. The number of hydrogen-bond donors (Lipinski definition) is 3. The fraction of sp³-hybridized carbons (Fsp3) is 0.565. The molecule has 2 saturated carbocycles. The first-order valence-electron chi connectivity index (χ1n) is 11.6. The summed E-state index contributed by atoms with van der Waals surface area (Å²) < 4.78 is 2.26. The van der Waals surface area contributed by atoms with Crippen LogP contribution in [0, 0.1) is 0 Å². The first-order chi connectivity index (χ1) is 15.2. The lowest BCUT2D eigenvalue weighted by atomic mass is 9.92. The molecule has 33 heavy (non-hydrogen) atoms. The first-order valence-corrected chi connectivity index (χ1v) is 11.6.